The lowest BCUT2D eigenvalue weighted by atomic mass is 10.00. The molecule has 1 aromatic heterocycles. The van der Waals surface area contributed by atoms with Gasteiger partial charge >= 0.3 is 0 Å². The van der Waals surface area contributed by atoms with Crippen LogP contribution in [0.15, 0.2) is 42.6 Å². The fraction of sp³-hybridized carbons (Fsp3) is 0.214. The van der Waals surface area contributed by atoms with E-state index in [1.165, 1.54) is 0 Å². The summed E-state index contributed by atoms with van der Waals surface area (Å²) >= 11 is 0. The number of nitrogens with zero attached hydrogens (tertiary/aromatic N) is 2. The zero-order valence-corrected chi connectivity index (χ0v) is 10.7. The smallest absolute Gasteiger partial charge is 0.227 e. The second kappa shape index (κ2) is 5.95. The van der Waals surface area contributed by atoms with E-state index in [-0.39, 0.29) is 11.8 Å². The van der Waals surface area contributed by atoms with Gasteiger partial charge in [-0.15, -0.1) is 0 Å². The van der Waals surface area contributed by atoms with E-state index in [0.29, 0.717) is 12.2 Å². The molecule has 0 saturated heterocycles. The molecular weight excluding hydrogens is 240 g/mol. The van der Waals surface area contributed by atoms with E-state index >= 15 is 0 Å². The maximum absolute atomic E-state index is 12.0. The molecule has 1 amide bonds. The molecule has 2 rings (SSSR count). The standard InChI is InChI=1S/C14H16N4O/c1-10(11-4-2-5-12(15)8-11)14(19)16-9-13-6-3-7-17-18-13/h2-8,10H,9,15H2,1H3,(H,16,19). The molecule has 1 aromatic carbocycles. The van der Waals surface area contributed by atoms with Gasteiger partial charge in [0, 0.05) is 11.9 Å². The second-order valence-electron chi connectivity index (χ2n) is 4.32. The van der Waals surface area contributed by atoms with E-state index in [0.717, 1.165) is 11.3 Å². The Morgan fingerprint density at radius 1 is 1.37 bits per heavy atom. The fourth-order valence-corrected chi connectivity index (χ4v) is 1.74. The lowest BCUT2D eigenvalue weighted by molar-refractivity contribution is -0.122. The maximum atomic E-state index is 12.0. The predicted molar refractivity (Wildman–Crippen MR) is 73.1 cm³/mol. The van der Waals surface area contributed by atoms with Gasteiger partial charge in [0.25, 0.3) is 0 Å². The van der Waals surface area contributed by atoms with Gasteiger partial charge in [0.15, 0.2) is 0 Å². The van der Waals surface area contributed by atoms with Crippen molar-refractivity contribution in [3.05, 3.63) is 53.9 Å². The summed E-state index contributed by atoms with van der Waals surface area (Å²) in [5.41, 5.74) is 8.00. The number of benzene rings is 1. The summed E-state index contributed by atoms with van der Waals surface area (Å²) in [6, 6.07) is 11.0. The molecule has 0 aliphatic rings. The third kappa shape index (κ3) is 3.51. The number of rotatable bonds is 4. The lowest BCUT2D eigenvalue weighted by Gasteiger charge is -2.12. The number of anilines is 1. The Balaban J connectivity index is 1.96. The van der Waals surface area contributed by atoms with E-state index in [9.17, 15) is 4.79 Å². The van der Waals surface area contributed by atoms with E-state index < -0.39 is 0 Å². The topological polar surface area (TPSA) is 80.9 Å². The molecule has 19 heavy (non-hydrogen) atoms. The molecule has 3 N–H and O–H groups in total. The summed E-state index contributed by atoms with van der Waals surface area (Å²) in [6.07, 6.45) is 1.60. The first kappa shape index (κ1) is 13.0. The van der Waals surface area contributed by atoms with Gasteiger partial charge in [-0.05, 0) is 36.8 Å². The number of nitrogens with two attached hydrogens (primary N) is 1. The molecule has 5 nitrogen and oxygen atoms in total. The molecule has 1 unspecified atom stereocenters. The van der Waals surface area contributed by atoms with Gasteiger partial charge < -0.3 is 11.1 Å². The monoisotopic (exact) mass is 256 g/mol. The number of carbonyl (C=O) groups is 1. The average molecular weight is 256 g/mol. The van der Waals surface area contributed by atoms with Crippen molar-refractivity contribution in [2.45, 2.75) is 19.4 Å². The third-order valence-corrected chi connectivity index (χ3v) is 2.88. The van der Waals surface area contributed by atoms with Crippen molar-refractivity contribution in [2.24, 2.45) is 0 Å². The van der Waals surface area contributed by atoms with Crippen molar-refractivity contribution >= 4 is 11.6 Å². The molecule has 5 heteroatoms. The zero-order valence-electron chi connectivity index (χ0n) is 10.7. The van der Waals surface area contributed by atoms with Crippen molar-refractivity contribution in [2.75, 3.05) is 5.73 Å². The van der Waals surface area contributed by atoms with Crippen LogP contribution in [0.1, 0.15) is 24.1 Å². The fourth-order valence-electron chi connectivity index (χ4n) is 1.74. The minimum Gasteiger partial charge on any atom is -0.399 e. The zero-order chi connectivity index (χ0) is 13.7. The summed E-state index contributed by atoms with van der Waals surface area (Å²) in [6.45, 7) is 2.22. The molecule has 0 radical (unpaired) electrons. The Morgan fingerprint density at radius 2 is 2.21 bits per heavy atom. The van der Waals surface area contributed by atoms with Crippen LogP contribution < -0.4 is 11.1 Å². The van der Waals surface area contributed by atoms with E-state index in [1.54, 1.807) is 18.3 Å². The van der Waals surface area contributed by atoms with Crippen LogP contribution >= 0.6 is 0 Å². The largest absolute Gasteiger partial charge is 0.399 e. The highest BCUT2D eigenvalue weighted by Gasteiger charge is 2.15. The Morgan fingerprint density at radius 3 is 2.89 bits per heavy atom. The molecular formula is C14H16N4O. The second-order valence-corrected chi connectivity index (χ2v) is 4.32. The van der Waals surface area contributed by atoms with Crippen LogP contribution in [0.5, 0.6) is 0 Å². The molecule has 1 atom stereocenters. The minimum absolute atomic E-state index is 0.0590. The van der Waals surface area contributed by atoms with Gasteiger partial charge in [-0.2, -0.15) is 10.2 Å². The summed E-state index contributed by atoms with van der Waals surface area (Å²) in [5, 5.41) is 10.5. The quantitative estimate of drug-likeness (QED) is 0.812. The van der Waals surface area contributed by atoms with Gasteiger partial charge in [-0.1, -0.05) is 12.1 Å². The highest BCUT2D eigenvalue weighted by molar-refractivity contribution is 5.83. The number of aromatic nitrogens is 2. The van der Waals surface area contributed by atoms with Crippen LogP contribution in [0.3, 0.4) is 0 Å². The minimum atomic E-state index is -0.250. The third-order valence-electron chi connectivity index (χ3n) is 2.88. The van der Waals surface area contributed by atoms with E-state index in [4.69, 9.17) is 5.73 Å². The van der Waals surface area contributed by atoms with Crippen LogP contribution in [-0.2, 0) is 11.3 Å². The molecule has 0 saturated carbocycles. The van der Waals surface area contributed by atoms with Crippen LogP contribution in [-0.4, -0.2) is 16.1 Å². The molecule has 0 spiro atoms. The molecule has 0 aliphatic heterocycles. The number of nitrogens with one attached hydrogen (secondary N) is 1. The Bertz CT molecular complexity index is 556. The first-order valence-electron chi connectivity index (χ1n) is 6.06. The molecule has 1 heterocycles. The van der Waals surface area contributed by atoms with Crippen LogP contribution in [0.2, 0.25) is 0 Å². The number of carbonyl (C=O) groups excluding carboxylic acids is 1. The Labute approximate surface area is 111 Å². The van der Waals surface area contributed by atoms with Crippen molar-refractivity contribution in [3.8, 4) is 0 Å². The normalized spacial score (nSPS) is 11.8. The SMILES string of the molecule is CC(C(=O)NCc1cccnn1)c1cccc(N)c1. The molecule has 0 bridgehead atoms. The summed E-state index contributed by atoms with van der Waals surface area (Å²) in [7, 11) is 0. The van der Waals surface area contributed by atoms with Gasteiger partial charge in [-0.25, -0.2) is 0 Å². The number of hydrogen-bond acceptors (Lipinski definition) is 4. The van der Waals surface area contributed by atoms with E-state index in [2.05, 4.69) is 15.5 Å². The summed E-state index contributed by atoms with van der Waals surface area (Å²) in [4.78, 5) is 12.0. The molecule has 0 fully saturated rings. The molecule has 2 aromatic rings. The van der Waals surface area contributed by atoms with Crippen molar-refractivity contribution in [3.63, 3.8) is 0 Å². The van der Waals surface area contributed by atoms with Crippen molar-refractivity contribution < 1.29 is 4.79 Å². The predicted octanol–water partition coefficient (Wildman–Crippen LogP) is 1.48. The molecule has 0 aliphatic carbocycles. The lowest BCUT2D eigenvalue weighted by Crippen LogP contribution is -2.28. The van der Waals surface area contributed by atoms with Crippen molar-refractivity contribution in [1.82, 2.24) is 15.5 Å². The number of hydrogen-bond donors (Lipinski definition) is 2. The Kier molecular flexibility index (Phi) is 4.07. The highest BCUT2D eigenvalue weighted by Crippen LogP contribution is 2.17. The number of amides is 1. The van der Waals surface area contributed by atoms with Crippen LogP contribution in [0, 0.1) is 0 Å². The highest BCUT2D eigenvalue weighted by atomic mass is 16.1. The van der Waals surface area contributed by atoms with Gasteiger partial charge in [-0.3, -0.25) is 4.79 Å². The first-order chi connectivity index (χ1) is 9.16. The summed E-state index contributed by atoms with van der Waals surface area (Å²) in [5.74, 6) is -0.309. The van der Waals surface area contributed by atoms with Gasteiger partial charge in [0.05, 0.1) is 18.2 Å². The molecule has 98 valence electrons. The first-order valence-corrected chi connectivity index (χ1v) is 6.06. The average Bonchev–Trinajstić information content (AvgIpc) is 2.45. The maximum Gasteiger partial charge on any atom is 0.227 e. The Hall–Kier alpha value is -2.43. The van der Waals surface area contributed by atoms with E-state index in [1.807, 2.05) is 31.2 Å². The van der Waals surface area contributed by atoms with Crippen LogP contribution in [0.4, 0.5) is 5.69 Å². The van der Waals surface area contributed by atoms with Gasteiger partial charge in [0.2, 0.25) is 5.91 Å². The summed E-state index contributed by atoms with van der Waals surface area (Å²) < 4.78 is 0. The number of nitrogen functional groups attached to an aromatic ring is 1. The van der Waals surface area contributed by atoms with Crippen LogP contribution in [0.25, 0.3) is 0 Å². The van der Waals surface area contributed by atoms with Gasteiger partial charge in [0.1, 0.15) is 0 Å². The van der Waals surface area contributed by atoms with Crippen molar-refractivity contribution in [1.29, 1.82) is 0 Å².